The van der Waals surface area contributed by atoms with Crippen molar-refractivity contribution < 1.29 is 28.9 Å². The van der Waals surface area contributed by atoms with Crippen LogP contribution in [0.15, 0.2) is 47.6 Å². The molecule has 32 heavy (non-hydrogen) atoms. The second kappa shape index (κ2) is 9.59. The molecular formula is C23H27N3O6. The summed E-state index contributed by atoms with van der Waals surface area (Å²) in [6.45, 7) is 3.62. The molecule has 3 rings (SSSR count). The van der Waals surface area contributed by atoms with Gasteiger partial charge in [-0.3, -0.25) is 9.80 Å². The Morgan fingerprint density at radius 1 is 1.06 bits per heavy atom. The zero-order valence-electron chi connectivity index (χ0n) is 18.7. The van der Waals surface area contributed by atoms with E-state index in [9.17, 15) is 9.59 Å². The summed E-state index contributed by atoms with van der Waals surface area (Å²) in [6, 6.07) is 11.2. The summed E-state index contributed by atoms with van der Waals surface area (Å²) < 4.78 is 16.7. The Hall–Kier alpha value is -3.75. The minimum Gasteiger partial charge on any atom is -0.496 e. The Morgan fingerprint density at radius 3 is 2.16 bits per heavy atom. The lowest BCUT2D eigenvalue weighted by Crippen LogP contribution is -2.45. The molecule has 0 saturated carbocycles. The van der Waals surface area contributed by atoms with Gasteiger partial charge < -0.3 is 24.6 Å². The van der Waals surface area contributed by atoms with E-state index in [-0.39, 0.29) is 17.5 Å². The van der Waals surface area contributed by atoms with Crippen LogP contribution in [-0.2, 0) is 4.79 Å². The van der Waals surface area contributed by atoms with E-state index in [0.717, 1.165) is 5.56 Å². The summed E-state index contributed by atoms with van der Waals surface area (Å²) in [5.74, 6) is -0.265. The van der Waals surface area contributed by atoms with Gasteiger partial charge in [-0.25, -0.2) is 4.79 Å². The molecule has 0 fully saturated rings. The fourth-order valence-corrected chi connectivity index (χ4v) is 3.54. The number of carboxylic acid groups (broad SMARTS) is 1. The summed E-state index contributed by atoms with van der Waals surface area (Å²) in [6.07, 6.45) is -0.659. The first-order valence-corrected chi connectivity index (χ1v) is 10.0. The van der Waals surface area contributed by atoms with Gasteiger partial charge in [0.05, 0.1) is 31.5 Å². The molecule has 1 aliphatic heterocycles. The zero-order chi connectivity index (χ0) is 23.4. The lowest BCUT2D eigenvalue weighted by atomic mass is 10.0. The van der Waals surface area contributed by atoms with Crippen LogP contribution < -0.4 is 19.5 Å². The number of nitrogens with zero attached hydrogens (tertiary/aromatic N) is 2. The minimum atomic E-state index is -0.997. The van der Waals surface area contributed by atoms with E-state index in [2.05, 4.69) is 10.4 Å². The molecule has 2 aromatic rings. The second-order valence-corrected chi connectivity index (χ2v) is 7.51. The fraction of sp³-hybridized carbons (Fsp3) is 0.348. The molecule has 0 aliphatic carbocycles. The predicted molar refractivity (Wildman–Crippen MR) is 118 cm³/mol. The van der Waals surface area contributed by atoms with Crippen LogP contribution >= 0.6 is 0 Å². The third-order valence-corrected chi connectivity index (χ3v) is 5.30. The summed E-state index contributed by atoms with van der Waals surface area (Å²) in [5.41, 5.74) is 1.60. The molecule has 1 aliphatic rings. The number of carboxylic acids is 1. The van der Waals surface area contributed by atoms with Crippen molar-refractivity contribution in [3.8, 4) is 17.2 Å². The van der Waals surface area contributed by atoms with Crippen LogP contribution in [-0.4, -0.2) is 55.2 Å². The fourth-order valence-electron chi connectivity index (χ4n) is 3.54. The first-order chi connectivity index (χ1) is 15.2. The number of hydrogen-bond acceptors (Lipinski definition) is 7. The van der Waals surface area contributed by atoms with Crippen molar-refractivity contribution in [1.29, 1.82) is 0 Å². The molecule has 170 valence electrons. The third kappa shape index (κ3) is 4.93. The number of hydrazone groups is 1. The Balaban J connectivity index is 1.76. The lowest BCUT2D eigenvalue weighted by Gasteiger charge is -2.27. The van der Waals surface area contributed by atoms with E-state index in [1.807, 2.05) is 6.92 Å². The van der Waals surface area contributed by atoms with E-state index < -0.39 is 18.1 Å². The molecule has 2 N–H and O–H groups in total. The van der Waals surface area contributed by atoms with Gasteiger partial charge in [0.25, 0.3) is 0 Å². The predicted octanol–water partition coefficient (Wildman–Crippen LogP) is 2.92. The number of benzene rings is 2. The number of methoxy groups -OCH3 is 2. The molecule has 1 heterocycles. The van der Waals surface area contributed by atoms with E-state index in [0.29, 0.717) is 23.0 Å². The quantitative estimate of drug-likeness (QED) is 0.648. The largest absolute Gasteiger partial charge is 0.496 e. The normalized spacial score (nSPS) is 18.5. The van der Waals surface area contributed by atoms with Crippen LogP contribution in [0.25, 0.3) is 0 Å². The number of rotatable bonds is 8. The Kier molecular flexibility index (Phi) is 6.87. The highest BCUT2D eigenvalue weighted by atomic mass is 16.5. The van der Waals surface area contributed by atoms with Gasteiger partial charge in [0.15, 0.2) is 0 Å². The van der Waals surface area contributed by atoms with Gasteiger partial charge in [0, 0.05) is 25.2 Å². The van der Waals surface area contributed by atoms with E-state index in [1.54, 1.807) is 63.5 Å². The van der Waals surface area contributed by atoms with Gasteiger partial charge in [-0.15, -0.1) is 0 Å². The molecule has 3 atom stereocenters. The number of ether oxygens (including phenoxy) is 3. The Labute approximate surface area is 186 Å². The van der Waals surface area contributed by atoms with Gasteiger partial charge in [-0.2, -0.15) is 5.10 Å². The van der Waals surface area contributed by atoms with Crippen molar-refractivity contribution in [2.45, 2.75) is 26.1 Å². The van der Waals surface area contributed by atoms with E-state index in [4.69, 9.17) is 19.3 Å². The molecule has 0 saturated heterocycles. The highest BCUT2D eigenvalue weighted by Gasteiger charge is 2.41. The number of hydrogen-bond donors (Lipinski definition) is 2. The number of nitrogens with one attached hydrogen (secondary N) is 1. The van der Waals surface area contributed by atoms with Crippen molar-refractivity contribution >= 4 is 17.6 Å². The average Bonchev–Trinajstić information content (AvgIpc) is 3.05. The third-order valence-electron chi connectivity index (χ3n) is 5.30. The topological polar surface area (TPSA) is 110 Å². The van der Waals surface area contributed by atoms with Crippen LogP contribution in [0.3, 0.4) is 0 Å². The molecule has 9 heteroatoms. The molecule has 0 bridgehead atoms. The van der Waals surface area contributed by atoms with Gasteiger partial charge in [-0.1, -0.05) is 12.1 Å². The number of carbonyl (C=O) groups excluding carboxylic acids is 1. The molecule has 2 aromatic carbocycles. The van der Waals surface area contributed by atoms with Crippen LogP contribution in [0.4, 0.5) is 0 Å². The van der Waals surface area contributed by atoms with Crippen LogP contribution in [0, 0.1) is 5.92 Å². The average molecular weight is 441 g/mol. The van der Waals surface area contributed by atoms with Crippen LogP contribution in [0.1, 0.15) is 35.8 Å². The second-order valence-electron chi connectivity index (χ2n) is 7.51. The molecule has 0 radical (unpaired) electrons. The van der Waals surface area contributed by atoms with Gasteiger partial charge in [0.1, 0.15) is 23.2 Å². The minimum absolute atomic E-state index is 0.190. The molecule has 2 unspecified atom stereocenters. The summed E-state index contributed by atoms with van der Waals surface area (Å²) in [7, 11) is 4.84. The van der Waals surface area contributed by atoms with Crippen LogP contribution in [0.2, 0.25) is 0 Å². The standard InChI is InChI=1S/C23H27N3O6/c1-13(15-6-8-16(9-7-15)23(28)29)24-21(27)20-14(2)25-26(3)22(20)32-19-11-17(30-4)10-18(12-19)31-5/h6-13,20,22H,1-5H3,(H,24,27)(H,28,29)/t13-,20?,22?/m0/s1. The van der Waals surface area contributed by atoms with Gasteiger partial charge >= 0.3 is 5.97 Å². The summed E-state index contributed by atoms with van der Waals surface area (Å²) >= 11 is 0. The van der Waals surface area contributed by atoms with Crippen LogP contribution in [0.5, 0.6) is 17.2 Å². The SMILES string of the molecule is COc1cc(OC)cc(OC2C(C(=O)N[C@@H](C)c3ccc(C(=O)O)cc3)C(C)=NN2C)c1. The van der Waals surface area contributed by atoms with Crippen molar-refractivity contribution in [1.82, 2.24) is 10.3 Å². The summed E-state index contributed by atoms with van der Waals surface area (Å²) in [5, 5.41) is 18.0. The van der Waals surface area contributed by atoms with Crippen molar-refractivity contribution in [3.05, 3.63) is 53.6 Å². The molecule has 0 aromatic heterocycles. The molecule has 0 spiro atoms. The molecular weight excluding hydrogens is 414 g/mol. The number of aromatic carboxylic acids is 1. The zero-order valence-corrected chi connectivity index (χ0v) is 18.7. The maximum absolute atomic E-state index is 13.2. The Bertz CT molecular complexity index is 999. The monoisotopic (exact) mass is 441 g/mol. The van der Waals surface area contributed by atoms with Crippen molar-refractivity contribution in [2.24, 2.45) is 11.0 Å². The number of amides is 1. The smallest absolute Gasteiger partial charge is 0.335 e. The maximum atomic E-state index is 13.2. The summed E-state index contributed by atoms with van der Waals surface area (Å²) in [4.78, 5) is 24.2. The van der Waals surface area contributed by atoms with E-state index >= 15 is 0 Å². The Morgan fingerprint density at radius 2 is 1.62 bits per heavy atom. The van der Waals surface area contributed by atoms with Gasteiger partial charge in [-0.05, 0) is 31.5 Å². The molecule has 1 amide bonds. The van der Waals surface area contributed by atoms with Gasteiger partial charge in [0.2, 0.25) is 12.1 Å². The first kappa shape index (κ1) is 22.9. The maximum Gasteiger partial charge on any atom is 0.335 e. The molecule has 9 nitrogen and oxygen atoms in total. The highest BCUT2D eigenvalue weighted by molar-refractivity contribution is 6.04. The first-order valence-electron chi connectivity index (χ1n) is 10.0. The number of carbonyl (C=O) groups is 2. The lowest BCUT2D eigenvalue weighted by molar-refractivity contribution is -0.127. The van der Waals surface area contributed by atoms with E-state index in [1.165, 1.54) is 12.1 Å². The van der Waals surface area contributed by atoms with Crippen molar-refractivity contribution in [2.75, 3.05) is 21.3 Å². The highest BCUT2D eigenvalue weighted by Crippen LogP contribution is 2.31. The van der Waals surface area contributed by atoms with Crippen molar-refractivity contribution in [3.63, 3.8) is 0 Å².